The van der Waals surface area contributed by atoms with E-state index in [1.165, 1.54) is 29.5 Å². The minimum atomic E-state index is -0.715. The Balaban J connectivity index is 1.81. The van der Waals surface area contributed by atoms with E-state index in [4.69, 9.17) is 4.74 Å². The van der Waals surface area contributed by atoms with Gasteiger partial charge in [-0.25, -0.2) is 9.18 Å². The molecule has 1 aromatic heterocycles. The van der Waals surface area contributed by atoms with Gasteiger partial charge in [-0.2, -0.15) is 0 Å². The lowest BCUT2D eigenvalue weighted by Crippen LogP contribution is -2.30. The number of ether oxygens (including phenoxy) is 1. The smallest absolute Gasteiger partial charge is 0.331 e. The SMILES string of the molecule is C[C@@H](NC(=O)COC(=O)/C=C/c1cc(Br)ccc1F)c1cccs1. The van der Waals surface area contributed by atoms with Gasteiger partial charge >= 0.3 is 5.97 Å². The fraction of sp³-hybridized carbons (Fsp3) is 0.176. The first kappa shape index (κ1) is 18.4. The molecule has 0 aliphatic heterocycles. The highest BCUT2D eigenvalue weighted by molar-refractivity contribution is 9.10. The van der Waals surface area contributed by atoms with Crippen LogP contribution in [0.2, 0.25) is 0 Å². The van der Waals surface area contributed by atoms with Gasteiger partial charge in [0, 0.05) is 21.0 Å². The summed E-state index contributed by atoms with van der Waals surface area (Å²) < 4.78 is 19.1. The number of hydrogen-bond acceptors (Lipinski definition) is 4. The van der Waals surface area contributed by atoms with Gasteiger partial charge in [-0.15, -0.1) is 11.3 Å². The van der Waals surface area contributed by atoms with Gasteiger partial charge in [-0.3, -0.25) is 4.79 Å². The predicted molar refractivity (Wildman–Crippen MR) is 95.0 cm³/mol. The molecule has 0 fully saturated rings. The molecule has 4 nitrogen and oxygen atoms in total. The van der Waals surface area contributed by atoms with Crippen LogP contribution in [-0.2, 0) is 14.3 Å². The second-order valence-corrected chi connectivity index (χ2v) is 6.81. The van der Waals surface area contributed by atoms with E-state index in [0.717, 1.165) is 11.0 Å². The molecule has 126 valence electrons. The highest BCUT2D eigenvalue weighted by Crippen LogP contribution is 2.18. The number of carbonyl (C=O) groups is 2. The molecule has 0 aliphatic rings. The molecule has 1 N–H and O–H groups in total. The summed E-state index contributed by atoms with van der Waals surface area (Å²) in [5, 5.41) is 4.65. The van der Waals surface area contributed by atoms with Crippen molar-refractivity contribution in [3.05, 3.63) is 62.5 Å². The molecule has 1 amide bonds. The largest absolute Gasteiger partial charge is 0.452 e. The molecule has 0 aliphatic carbocycles. The molecule has 0 spiro atoms. The quantitative estimate of drug-likeness (QED) is 0.575. The van der Waals surface area contributed by atoms with Gasteiger partial charge in [0.2, 0.25) is 0 Å². The van der Waals surface area contributed by atoms with E-state index in [2.05, 4.69) is 21.2 Å². The average molecular weight is 412 g/mol. The highest BCUT2D eigenvalue weighted by atomic mass is 79.9. The van der Waals surface area contributed by atoms with Crippen molar-refractivity contribution >= 4 is 45.2 Å². The van der Waals surface area contributed by atoms with Crippen LogP contribution in [0.4, 0.5) is 4.39 Å². The van der Waals surface area contributed by atoms with Crippen LogP contribution in [0.3, 0.4) is 0 Å². The maximum atomic E-state index is 13.5. The number of halogens is 2. The lowest BCUT2D eigenvalue weighted by atomic mass is 10.2. The van der Waals surface area contributed by atoms with Gasteiger partial charge in [0.05, 0.1) is 6.04 Å². The standard InChI is InChI=1S/C17H15BrFNO3S/c1-11(15-3-2-8-24-15)20-16(21)10-23-17(22)7-4-12-9-13(18)5-6-14(12)19/h2-9,11H,10H2,1H3,(H,20,21)/b7-4+/t11-/m1/s1. The first-order chi connectivity index (χ1) is 11.5. The van der Waals surface area contributed by atoms with E-state index in [0.29, 0.717) is 4.47 Å². The van der Waals surface area contributed by atoms with E-state index >= 15 is 0 Å². The summed E-state index contributed by atoms with van der Waals surface area (Å²) in [5.74, 6) is -1.57. The summed E-state index contributed by atoms with van der Waals surface area (Å²) in [4.78, 5) is 24.4. The molecular formula is C17H15BrFNO3S. The van der Waals surface area contributed by atoms with Crippen LogP contribution in [0.15, 0.2) is 46.3 Å². The average Bonchev–Trinajstić information content (AvgIpc) is 3.08. The molecule has 0 saturated carbocycles. The molecule has 24 heavy (non-hydrogen) atoms. The van der Waals surface area contributed by atoms with Crippen LogP contribution in [0.25, 0.3) is 6.08 Å². The third kappa shape index (κ3) is 5.58. The van der Waals surface area contributed by atoms with Crippen LogP contribution in [0, 0.1) is 5.82 Å². The maximum absolute atomic E-state index is 13.5. The molecule has 0 unspecified atom stereocenters. The first-order valence-electron chi connectivity index (χ1n) is 7.08. The number of amides is 1. The van der Waals surface area contributed by atoms with Gasteiger partial charge in [0.1, 0.15) is 5.82 Å². The summed E-state index contributed by atoms with van der Waals surface area (Å²) in [6, 6.07) is 8.04. The van der Waals surface area contributed by atoms with E-state index in [-0.39, 0.29) is 18.2 Å². The zero-order valence-corrected chi connectivity index (χ0v) is 15.2. The fourth-order valence-electron chi connectivity index (χ4n) is 1.88. The van der Waals surface area contributed by atoms with Crippen LogP contribution in [0.5, 0.6) is 0 Å². The summed E-state index contributed by atoms with van der Waals surface area (Å²) in [7, 11) is 0. The van der Waals surface area contributed by atoms with Gasteiger partial charge in [0.15, 0.2) is 6.61 Å². The van der Waals surface area contributed by atoms with Gasteiger partial charge in [-0.1, -0.05) is 22.0 Å². The van der Waals surface area contributed by atoms with Gasteiger partial charge in [0.25, 0.3) is 5.91 Å². The Hall–Kier alpha value is -1.99. The second kappa shape index (κ2) is 8.75. The molecule has 2 aromatic rings. The van der Waals surface area contributed by atoms with Crippen molar-refractivity contribution in [2.45, 2.75) is 13.0 Å². The normalized spacial score (nSPS) is 12.1. The molecule has 1 heterocycles. The summed E-state index contributed by atoms with van der Waals surface area (Å²) in [6.07, 6.45) is 2.38. The molecule has 1 aromatic carbocycles. The topological polar surface area (TPSA) is 55.4 Å². The van der Waals surface area contributed by atoms with E-state index in [1.54, 1.807) is 6.07 Å². The van der Waals surface area contributed by atoms with Crippen molar-refractivity contribution in [1.82, 2.24) is 5.32 Å². The third-order valence-electron chi connectivity index (χ3n) is 3.05. The lowest BCUT2D eigenvalue weighted by Gasteiger charge is -2.11. The van der Waals surface area contributed by atoms with Crippen molar-refractivity contribution < 1.29 is 18.7 Å². The van der Waals surface area contributed by atoms with Crippen molar-refractivity contribution in [3.8, 4) is 0 Å². The monoisotopic (exact) mass is 411 g/mol. The van der Waals surface area contributed by atoms with Crippen LogP contribution in [0.1, 0.15) is 23.4 Å². The number of nitrogens with one attached hydrogen (secondary N) is 1. The van der Waals surface area contributed by atoms with Crippen molar-refractivity contribution in [1.29, 1.82) is 0 Å². The lowest BCUT2D eigenvalue weighted by molar-refractivity contribution is -0.144. The minimum absolute atomic E-state index is 0.150. The summed E-state index contributed by atoms with van der Waals surface area (Å²) in [6.45, 7) is 1.46. The Bertz CT molecular complexity index is 746. The van der Waals surface area contributed by atoms with Crippen molar-refractivity contribution in [2.75, 3.05) is 6.61 Å². The van der Waals surface area contributed by atoms with Crippen LogP contribution in [-0.4, -0.2) is 18.5 Å². The second-order valence-electron chi connectivity index (χ2n) is 4.91. The molecular weight excluding hydrogens is 397 g/mol. The van der Waals surface area contributed by atoms with Crippen molar-refractivity contribution in [3.63, 3.8) is 0 Å². The predicted octanol–water partition coefficient (Wildman–Crippen LogP) is 4.08. The van der Waals surface area contributed by atoms with Crippen molar-refractivity contribution in [2.24, 2.45) is 0 Å². The fourth-order valence-corrected chi connectivity index (χ4v) is 2.99. The van der Waals surface area contributed by atoms with E-state index in [9.17, 15) is 14.0 Å². The molecule has 0 radical (unpaired) electrons. The molecule has 7 heteroatoms. The number of benzene rings is 1. The highest BCUT2D eigenvalue weighted by Gasteiger charge is 2.11. The van der Waals surface area contributed by atoms with Gasteiger partial charge in [-0.05, 0) is 42.6 Å². The zero-order valence-electron chi connectivity index (χ0n) is 12.8. The molecule has 1 atom stereocenters. The Morgan fingerprint density at radius 1 is 1.42 bits per heavy atom. The molecule has 0 bridgehead atoms. The third-order valence-corrected chi connectivity index (χ3v) is 4.60. The Morgan fingerprint density at radius 3 is 2.92 bits per heavy atom. The van der Waals surface area contributed by atoms with Gasteiger partial charge < -0.3 is 10.1 Å². The van der Waals surface area contributed by atoms with Crippen LogP contribution < -0.4 is 5.32 Å². The Morgan fingerprint density at radius 2 is 2.21 bits per heavy atom. The number of rotatable bonds is 6. The van der Waals surface area contributed by atoms with E-state index < -0.39 is 17.7 Å². The number of esters is 1. The molecule has 2 rings (SSSR count). The first-order valence-corrected chi connectivity index (χ1v) is 8.75. The number of carbonyl (C=O) groups excluding carboxylic acids is 2. The minimum Gasteiger partial charge on any atom is -0.452 e. The number of hydrogen-bond donors (Lipinski definition) is 1. The Kier molecular flexibility index (Phi) is 6.69. The van der Waals surface area contributed by atoms with Crippen LogP contribution >= 0.6 is 27.3 Å². The summed E-state index contributed by atoms with van der Waals surface area (Å²) in [5.41, 5.74) is 0.247. The Labute approximate surface area is 151 Å². The summed E-state index contributed by atoms with van der Waals surface area (Å²) >= 11 is 4.76. The molecule has 0 saturated heterocycles. The maximum Gasteiger partial charge on any atom is 0.331 e. The number of thiophene rings is 1. The zero-order chi connectivity index (χ0) is 17.5. The van der Waals surface area contributed by atoms with E-state index in [1.807, 2.05) is 24.4 Å².